The third kappa shape index (κ3) is 11.7. The van der Waals surface area contributed by atoms with E-state index in [4.69, 9.17) is 0 Å². The highest BCUT2D eigenvalue weighted by atomic mass is 32.2. The van der Waals surface area contributed by atoms with Crippen LogP contribution in [-0.4, -0.2) is 21.1 Å². The van der Waals surface area contributed by atoms with Crippen molar-refractivity contribution >= 4 is 10.9 Å². The SMILES string of the molecule is O=[SH](=O)NNCCCCC(F)(F)F. The summed E-state index contributed by atoms with van der Waals surface area (Å²) >= 11 is 0. The van der Waals surface area contributed by atoms with Gasteiger partial charge >= 0.3 is 6.18 Å². The first-order chi connectivity index (χ1) is 5.92. The van der Waals surface area contributed by atoms with Crippen molar-refractivity contribution in [2.45, 2.75) is 25.4 Å². The van der Waals surface area contributed by atoms with Crippen LogP contribution in [0, 0.1) is 0 Å². The highest BCUT2D eigenvalue weighted by molar-refractivity contribution is 7.70. The lowest BCUT2D eigenvalue weighted by Gasteiger charge is -2.05. The van der Waals surface area contributed by atoms with Crippen LogP contribution in [0.2, 0.25) is 0 Å². The summed E-state index contributed by atoms with van der Waals surface area (Å²) in [5.74, 6) is 0. The summed E-state index contributed by atoms with van der Waals surface area (Å²) in [7, 11) is -2.73. The van der Waals surface area contributed by atoms with E-state index in [-0.39, 0.29) is 19.4 Å². The summed E-state index contributed by atoms with van der Waals surface area (Å²) in [6.45, 7) is 0.194. The van der Waals surface area contributed by atoms with Crippen LogP contribution in [0.1, 0.15) is 19.3 Å². The number of unbranched alkanes of at least 4 members (excludes halogenated alkanes) is 1. The lowest BCUT2D eigenvalue weighted by molar-refractivity contribution is -0.135. The van der Waals surface area contributed by atoms with Gasteiger partial charge in [0.25, 0.3) is 0 Å². The van der Waals surface area contributed by atoms with Crippen LogP contribution in [0.15, 0.2) is 0 Å². The molecule has 0 fully saturated rings. The van der Waals surface area contributed by atoms with Crippen molar-refractivity contribution in [1.82, 2.24) is 10.3 Å². The normalized spacial score (nSPS) is 12.3. The topological polar surface area (TPSA) is 58.2 Å². The number of nitrogens with one attached hydrogen (secondary N) is 2. The second-order valence-electron chi connectivity index (χ2n) is 2.37. The van der Waals surface area contributed by atoms with Crippen LogP contribution in [0.4, 0.5) is 13.2 Å². The van der Waals surface area contributed by atoms with Gasteiger partial charge < -0.3 is 0 Å². The standard InChI is InChI=1S/C5H11F3N2O2S/c6-5(7,8)3-1-2-4-9-10-13(11)12/h9,13H,1-4H2,(H,10,11,12). The Bertz CT molecular complexity index is 196. The summed E-state index contributed by atoms with van der Waals surface area (Å²) in [6.07, 6.45) is -4.70. The Kier molecular flexibility index (Phi) is 6.00. The molecule has 13 heavy (non-hydrogen) atoms. The molecule has 0 aliphatic heterocycles. The van der Waals surface area contributed by atoms with Crippen LogP contribution in [0.5, 0.6) is 0 Å². The third-order valence-electron chi connectivity index (χ3n) is 1.18. The fraction of sp³-hybridized carbons (Fsp3) is 1.00. The van der Waals surface area contributed by atoms with Crippen molar-refractivity contribution in [2.75, 3.05) is 6.54 Å². The van der Waals surface area contributed by atoms with E-state index in [2.05, 4.69) is 5.43 Å². The Hall–Kier alpha value is -0.340. The van der Waals surface area contributed by atoms with Crippen LogP contribution in [0.25, 0.3) is 0 Å². The van der Waals surface area contributed by atoms with E-state index >= 15 is 0 Å². The molecule has 0 aliphatic carbocycles. The molecule has 0 saturated carbocycles. The summed E-state index contributed by atoms with van der Waals surface area (Å²) in [5, 5.41) is 0. The molecular formula is C5H11F3N2O2S. The maximum absolute atomic E-state index is 11.6. The maximum atomic E-state index is 11.6. The Morgan fingerprint density at radius 3 is 2.23 bits per heavy atom. The number of thiol groups is 1. The molecule has 0 aliphatic rings. The molecule has 0 spiro atoms. The molecule has 4 nitrogen and oxygen atoms in total. The fourth-order valence-corrected chi connectivity index (χ4v) is 0.900. The molecular weight excluding hydrogens is 209 g/mol. The van der Waals surface area contributed by atoms with Gasteiger partial charge in [-0.1, -0.05) is 0 Å². The molecule has 0 aromatic heterocycles. The maximum Gasteiger partial charge on any atom is 0.389 e. The molecule has 0 bridgehead atoms. The quantitative estimate of drug-likeness (QED) is 0.344. The highest BCUT2D eigenvalue weighted by Gasteiger charge is 2.25. The van der Waals surface area contributed by atoms with Gasteiger partial charge in [0.15, 0.2) is 0 Å². The van der Waals surface area contributed by atoms with Crippen molar-refractivity contribution in [1.29, 1.82) is 0 Å². The van der Waals surface area contributed by atoms with Crippen LogP contribution in [-0.2, 0) is 10.9 Å². The Labute approximate surface area is 75.6 Å². The van der Waals surface area contributed by atoms with Crippen LogP contribution < -0.4 is 10.3 Å². The number of hydrogen-bond acceptors (Lipinski definition) is 3. The molecule has 0 atom stereocenters. The van der Waals surface area contributed by atoms with E-state index in [1.54, 1.807) is 0 Å². The van der Waals surface area contributed by atoms with Gasteiger partial charge in [0, 0.05) is 13.0 Å². The first kappa shape index (κ1) is 12.7. The number of halogens is 3. The van der Waals surface area contributed by atoms with Crippen LogP contribution >= 0.6 is 0 Å². The first-order valence-corrected chi connectivity index (χ1v) is 4.79. The van der Waals surface area contributed by atoms with Gasteiger partial charge in [0.1, 0.15) is 0 Å². The van der Waals surface area contributed by atoms with E-state index in [9.17, 15) is 21.6 Å². The van der Waals surface area contributed by atoms with Crippen molar-refractivity contribution in [3.05, 3.63) is 0 Å². The number of alkyl halides is 3. The zero-order valence-electron chi connectivity index (χ0n) is 6.73. The van der Waals surface area contributed by atoms with Gasteiger partial charge in [-0.05, 0) is 12.8 Å². The van der Waals surface area contributed by atoms with E-state index in [1.807, 2.05) is 4.83 Å². The predicted octanol–water partition coefficient (Wildman–Crippen LogP) is 0.340. The Morgan fingerprint density at radius 2 is 1.77 bits per heavy atom. The molecule has 0 rings (SSSR count). The van der Waals surface area contributed by atoms with E-state index in [1.165, 1.54) is 0 Å². The van der Waals surface area contributed by atoms with Gasteiger partial charge in [0.05, 0.1) is 0 Å². The number of hydrazine groups is 1. The second kappa shape index (κ2) is 6.17. The zero-order chi connectivity index (χ0) is 10.3. The summed E-state index contributed by atoms with van der Waals surface area (Å²) in [4.78, 5) is 1.87. The molecule has 2 N–H and O–H groups in total. The fourth-order valence-electron chi connectivity index (χ4n) is 0.659. The van der Waals surface area contributed by atoms with Gasteiger partial charge in [-0.3, -0.25) is 0 Å². The smallest absolute Gasteiger partial charge is 0.244 e. The van der Waals surface area contributed by atoms with Gasteiger partial charge in [-0.15, -0.1) is 0 Å². The summed E-state index contributed by atoms with van der Waals surface area (Å²) in [6, 6.07) is 0. The van der Waals surface area contributed by atoms with Gasteiger partial charge in [0.2, 0.25) is 10.9 Å². The lowest BCUT2D eigenvalue weighted by Crippen LogP contribution is -2.31. The van der Waals surface area contributed by atoms with Crippen molar-refractivity contribution < 1.29 is 21.6 Å². The minimum Gasteiger partial charge on any atom is -0.244 e. The zero-order valence-corrected chi connectivity index (χ0v) is 7.62. The first-order valence-electron chi connectivity index (χ1n) is 3.61. The van der Waals surface area contributed by atoms with E-state index in [0.717, 1.165) is 0 Å². The second-order valence-corrected chi connectivity index (χ2v) is 3.11. The van der Waals surface area contributed by atoms with E-state index in [0.29, 0.717) is 0 Å². The Balaban J connectivity index is 3.18. The molecule has 80 valence electrons. The van der Waals surface area contributed by atoms with Crippen LogP contribution in [0.3, 0.4) is 0 Å². The van der Waals surface area contributed by atoms with Crippen molar-refractivity contribution in [3.8, 4) is 0 Å². The molecule has 0 radical (unpaired) electrons. The average Bonchev–Trinajstić information content (AvgIpc) is 1.93. The molecule has 0 aromatic carbocycles. The predicted molar refractivity (Wildman–Crippen MR) is 41.4 cm³/mol. The summed E-state index contributed by atoms with van der Waals surface area (Å²) < 4.78 is 54.4. The molecule has 8 heteroatoms. The molecule has 0 amide bonds. The minimum atomic E-state index is -4.13. The third-order valence-corrected chi connectivity index (χ3v) is 1.52. The largest absolute Gasteiger partial charge is 0.389 e. The van der Waals surface area contributed by atoms with Gasteiger partial charge in [-0.2, -0.15) is 18.0 Å². The number of rotatable bonds is 6. The minimum absolute atomic E-state index is 0.00613. The molecule has 0 aromatic rings. The Morgan fingerprint density at radius 1 is 1.15 bits per heavy atom. The average molecular weight is 220 g/mol. The van der Waals surface area contributed by atoms with Crippen molar-refractivity contribution in [3.63, 3.8) is 0 Å². The molecule has 0 heterocycles. The lowest BCUT2D eigenvalue weighted by atomic mass is 10.2. The molecule has 0 unspecified atom stereocenters. The highest BCUT2D eigenvalue weighted by Crippen LogP contribution is 2.21. The van der Waals surface area contributed by atoms with Gasteiger partial charge in [-0.25, -0.2) is 13.8 Å². The monoisotopic (exact) mass is 220 g/mol. The van der Waals surface area contributed by atoms with E-state index < -0.39 is 23.5 Å². The summed E-state index contributed by atoms with van der Waals surface area (Å²) in [5.41, 5.74) is 2.26. The molecule has 0 saturated heterocycles. The van der Waals surface area contributed by atoms with Crippen molar-refractivity contribution in [2.24, 2.45) is 0 Å². The number of hydrogen-bond donors (Lipinski definition) is 3.